The molecular formula is C28H23ClINPS2+. The van der Waals surface area contributed by atoms with Crippen LogP contribution < -0.4 is 21.3 Å². The summed E-state index contributed by atoms with van der Waals surface area (Å²) in [5.74, 6) is 0. The zero-order valence-corrected chi connectivity index (χ0v) is 24.1. The lowest BCUT2D eigenvalue weighted by molar-refractivity contribution is 1.32. The molecule has 1 nitrogen and oxygen atoms in total. The van der Waals surface area contributed by atoms with Gasteiger partial charge < -0.3 is 0 Å². The molecule has 0 saturated heterocycles. The summed E-state index contributed by atoms with van der Waals surface area (Å²) < 4.78 is 1.24. The number of benzene rings is 4. The van der Waals surface area contributed by atoms with Crippen LogP contribution in [0.3, 0.4) is 0 Å². The van der Waals surface area contributed by atoms with Crippen molar-refractivity contribution in [3.8, 4) is 0 Å². The van der Waals surface area contributed by atoms with E-state index in [9.17, 15) is 0 Å². The molecule has 0 spiro atoms. The molecule has 0 aliphatic heterocycles. The summed E-state index contributed by atoms with van der Waals surface area (Å²) in [5, 5.41) is 5.76. The maximum absolute atomic E-state index is 6.15. The van der Waals surface area contributed by atoms with Crippen molar-refractivity contribution in [2.75, 3.05) is 0 Å². The average molecular weight is 631 g/mol. The second-order valence-corrected chi connectivity index (χ2v) is 13.9. The van der Waals surface area contributed by atoms with Gasteiger partial charge in [-0.2, -0.15) is 0 Å². The zero-order chi connectivity index (χ0) is 22.7. The van der Waals surface area contributed by atoms with E-state index < -0.39 is 7.26 Å². The molecule has 0 fully saturated rings. The van der Waals surface area contributed by atoms with Gasteiger partial charge in [-0.15, -0.1) is 35.3 Å². The van der Waals surface area contributed by atoms with Crippen molar-refractivity contribution in [1.29, 1.82) is 0 Å². The molecule has 0 atom stereocenters. The third-order valence-corrected chi connectivity index (χ3v) is 12.3. The quantitative estimate of drug-likeness (QED) is 0.142. The SMILES string of the molecule is Cc1nc([P+](c2ccccc2)(c2ccccc2)c2ccccc2)c(Sc2ccc(Cl)cc2)s1.I. The average Bonchev–Trinajstić information content (AvgIpc) is 3.23. The summed E-state index contributed by atoms with van der Waals surface area (Å²) in [4.78, 5) is 6.41. The van der Waals surface area contributed by atoms with E-state index in [-0.39, 0.29) is 24.0 Å². The van der Waals surface area contributed by atoms with Crippen molar-refractivity contribution in [2.24, 2.45) is 0 Å². The molecule has 1 heterocycles. The Balaban J connectivity index is 0.00000274. The molecule has 0 bridgehead atoms. The Morgan fingerprint density at radius 3 is 1.56 bits per heavy atom. The normalized spacial score (nSPS) is 11.1. The summed E-state index contributed by atoms with van der Waals surface area (Å²) in [5.41, 5.74) is 1.17. The monoisotopic (exact) mass is 630 g/mol. The minimum absolute atomic E-state index is 0. The summed E-state index contributed by atoms with van der Waals surface area (Å²) in [6.07, 6.45) is 0. The Hall–Kier alpha value is -1.69. The number of halogens is 2. The van der Waals surface area contributed by atoms with Gasteiger partial charge in [0.2, 0.25) is 5.44 Å². The number of hydrogen-bond donors (Lipinski definition) is 0. The largest absolute Gasteiger partial charge is 0.223 e. The van der Waals surface area contributed by atoms with Crippen molar-refractivity contribution in [3.05, 3.63) is 125 Å². The van der Waals surface area contributed by atoms with Crippen molar-refractivity contribution in [3.63, 3.8) is 0 Å². The maximum Gasteiger partial charge on any atom is 0.223 e. The van der Waals surface area contributed by atoms with E-state index >= 15 is 0 Å². The van der Waals surface area contributed by atoms with Crippen LogP contribution in [-0.2, 0) is 0 Å². The van der Waals surface area contributed by atoms with Gasteiger partial charge in [-0.05, 0) is 67.6 Å². The number of hydrogen-bond acceptors (Lipinski definition) is 3. The fourth-order valence-electron chi connectivity index (χ4n) is 4.05. The van der Waals surface area contributed by atoms with Gasteiger partial charge in [0.15, 0.2) is 7.26 Å². The number of aromatic nitrogens is 1. The first-order valence-corrected chi connectivity index (χ1v) is 14.5. The lowest BCUT2D eigenvalue weighted by Gasteiger charge is -2.26. The predicted octanol–water partition coefficient (Wildman–Crippen LogP) is 7.49. The first-order valence-electron chi connectivity index (χ1n) is 10.7. The van der Waals surface area contributed by atoms with Gasteiger partial charge in [0.1, 0.15) is 20.1 Å². The molecule has 6 heteroatoms. The van der Waals surface area contributed by atoms with Crippen molar-refractivity contribution in [1.82, 2.24) is 4.98 Å². The van der Waals surface area contributed by atoms with E-state index in [0.717, 1.165) is 14.9 Å². The van der Waals surface area contributed by atoms with Crippen LogP contribution in [0.15, 0.2) is 124 Å². The smallest absolute Gasteiger partial charge is 0.205 e. The summed E-state index contributed by atoms with van der Waals surface area (Å²) in [7, 11) is -2.22. The molecule has 0 aliphatic rings. The molecule has 0 N–H and O–H groups in total. The van der Waals surface area contributed by atoms with Gasteiger partial charge in [-0.25, -0.2) is 4.98 Å². The number of rotatable bonds is 6. The molecule has 4 aromatic carbocycles. The summed E-state index contributed by atoms with van der Waals surface area (Å²) >= 11 is 9.70. The molecular weight excluding hydrogens is 608 g/mol. The summed E-state index contributed by atoms with van der Waals surface area (Å²) in [6, 6.07) is 40.7. The fourth-order valence-corrected chi connectivity index (χ4v) is 11.4. The molecule has 5 rings (SSSR count). The second kappa shape index (κ2) is 11.4. The molecule has 1 aromatic heterocycles. The van der Waals surface area contributed by atoms with Crippen LogP contribution in [-0.4, -0.2) is 4.98 Å². The van der Waals surface area contributed by atoms with Crippen molar-refractivity contribution < 1.29 is 0 Å². The van der Waals surface area contributed by atoms with Gasteiger partial charge in [0.25, 0.3) is 0 Å². The maximum atomic E-state index is 6.15. The molecule has 170 valence electrons. The van der Waals surface area contributed by atoms with Crippen LogP contribution in [0.1, 0.15) is 5.01 Å². The van der Waals surface area contributed by atoms with Crippen molar-refractivity contribution >= 4 is 87.3 Å². The summed E-state index contributed by atoms with van der Waals surface area (Å²) in [6.45, 7) is 2.11. The minimum atomic E-state index is -2.22. The standard InChI is InChI=1S/C28H22ClNPS2.HI/c1-21-30-27(28(32-21)33-26-19-17-22(29)18-20-26)31(23-11-5-2-6-12-23,24-13-7-3-8-14-24)25-15-9-4-10-16-25;/h2-20H,1H3;1H/q+1;. The Kier molecular flexibility index (Phi) is 8.49. The number of nitrogens with zero attached hydrogens (tertiary/aromatic N) is 1. The van der Waals surface area contributed by atoms with Crippen LogP contribution >= 0.6 is 65.9 Å². The Bertz CT molecular complexity index is 1250. The van der Waals surface area contributed by atoms with E-state index in [4.69, 9.17) is 16.6 Å². The van der Waals surface area contributed by atoms with E-state index in [2.05, 4.69) is 110 Å². The highest BCUT2D eigenvalue weighted by Gasteiger charge is 2.51. The van der Waals surface area contributed by atoms with E-state index in [0.29, 0.717) is 0 Å². The highest BCUT2D eigenvalue weighted by Crippen LogP contribution is 2.56. The molecule has 34 heavy (non-hydrogen) atoms. The van der Waals surface area contributed by atoms with Crippen molar-refractivity contribution in [2.45, 2.75) is 16.0 Å². The minimum Gasteiger partial charge on any atom is -0.205 e. The lowest BCUT2D eigenvalue weighted by atomic mass is 10.4. The highest BCUT2D eigenvalue weighted by molar-refractivity contribution is 14.0. The van der Waals surface area contributed by atoms with Gasteiger partial charge >= 0.3 is 0 Å². The third-order valence-electron chi connectivity index (χ3n) is 5.46. The van der Waals surface area contributed by atoms with E-state index in [1.54, 1.807) is 23.1 Å². The zero-order valence-electron chi connectivity index (χ0n) is 18.5. The molecule has 0 aliphatic carbocycles. The molecule has 0 radical (unpaired) electrons. The number of aryl methyl sites for hydroxylation is 1. The predicted molar refractivity (Wildman–Crippen MR) is 163 cm³/mol. The first-order chi connectivity index (χ1) is 16.2. The van der Waals surface area contributed by atoms with Gasteiger partial charge in [0, 0.05) is 9.92 Å². The fraction of sp³-hybridized carbons (Fsp3) is 0.0357. The molecule has 0 saturated carbocycles. The Morgan fingerprint density at radius 1 is 0.676 bits per heavy atom. The molecule has 0 amide bonds. The second-order valence-electron chi connectivity index (χ2n) is 7.58. The van der Waals surface area contributed by atoms with Gasteiger partial charge in [0.05, 0.1) is 5.01 Å². The van der Waals surface area contributed by atoms with Crippen LogP contribution in [0, 0.1) is 6.92 Å². The Labute approximate surface area is 232 Å². The lowest BCUT2D eigenvalue weighted by Crippen LogP contribution is -2.39. The van der Waals surface area contributed by atoms with E-state index in [1.165, 1.54) is 25.6 Å². The topological polar surface area (TPSA) is 12.9 Å². The molecule has 5 aromatic rings. The van der Waals surface area contributed by atoms with Gasteiger partial charge in [-0.3, -0.25) is 0 Å². The van der Waals surface area contributed by atoms with Crippen LogP contribution in [0.5, 0.6) is 0 Å². The first kappa shape index (κ1) is 25.4. The van der Waals surface area contributed by atoms with Gasteiger partial charge in [-0.1, -0.05) is 78.0 Å². The third kappa shape index (κ3) is 4.98. The molecule has 0 unspecified atom stereocenters. The van der Waals surface area contributed by atoms with Crippen LogP contribution in [0.4, 0.5) is 0 Å². The van der Waals surface area contributed by atoms with Crippen LogP contribution in [0.2, 0.25) is 5.02 Å². The Morgan fingerprint density at radius 2 is 1.12 bits per heavy atom. The van der Waals surface area contributed by atoms with Crippen LogP contribution in [0.25, 0.3) is 0 Å². The number of thiazole rings is 1. The highest BCUT2D eigenvalue weighted by atomic mass is 127. The van der Waals surface area contributed by atoms with E-state index in [1.807, 2.05) is 12.1 Å².